The third kappa shape index (κ3) is 4.92. The van der Waals surface area contributed by atoms with E-state index in [1.165, 1.54) is 85.5 Å². The Balaban J connectivity index is 1.12. The van der Waals surface area contributed by atoms with Crippen molar-refractivity contribution in [2.45, 2.75) is 0 Å². The summed E-state index contributed by atoms with van der Waals surface area (Å²) >= 11 is 1.87. The first-order chi connectivity index (χ1) is 26.8. The van der Waals surface area contributed by atoms with Gasteiger partial charge in [0, 0.05) is 36.9 Å². The van der Waals surface area contributed by atoms with Crippen LogP contribution in [0.2, 0.25) is 0 Å². The van der Waals surface area contributed by atoms with E-state index in [0.29, 0.717) is 0 Å². The number of fused-ring (bicyclic) bond motifs is 10. The first kappa shape index (κ1) is 30.8. The zero-order chi connectivity index (χ0) is 35.6. The Morgan fingerprint density at radius 1 is 0.315 bits per heavy atom. The Hall–Kier alpha value is -6.74. The number of hydrogen-bond acceptors (Lipinski definition) is 2. The lowest BCUT2D eigenvalue weighted by molar-refractivity contribution is 1.30. The molecule has 0 aliphatic heterocycles. The molecule has 0 bridgehead atoms. The van der Waals surface area contributed by atoms with Crippen molar-refractivity contribution in [3.8, 4) is 22.3 Å². The summed E-state index contributed by atoms with van der Waals surface area (Å²) in [5, 5.41) is 12.8. The van der Waals surface area contributed by atoms with Gasteiger partial charge in [-0.25, -0.2) is 0 Å². The van der Waals surface area contributed by atoms with Crippen molar-refractivity contribution in [2.24, 2.45) is 0 Å². The van der Waals surface area contributed by atoms with E-state index in [-0.39, 0.29) is 0 Å². The molecular formula is C52H33NS. The van der Waals surface area contributed by atoms with Gasteiger partial charge >= 0.3 is 0 Å². The van der Waals surface area contributed by atoms with Crippen LogP contribution in [0.25, 0.3) is 85.5 Å². The molecular weight excluding hydrogens is 671 g/mol. The Morgan fingerprint density at radius 3 is 1.85 bits per heavy atom. The average molecular weight is 704 g/mol. The second-order valence-electron chi connectivity index (χ2n) is 14.1. The smallest absolute Gasteiger partial charge is 0.0540 e. The summed E-state index contributed by atoms with van der Waals surface area (Å²) in [6.45, 7) is 0. The van der Waals surface area contributed by atoms with Crippen molar-refractivity contribution in [1.29, 1.82) is 0 Å². The molecule has 0 aliphatic rings. The molecule has 252 valence electrons. The normalized spacial score (nSPS) is 11.7. The first-order valence-corrected chi connectivity index (χ1v) is 19.3. The predicted molar refractivity (Wildman–Crippen MR) is 235 cm³/mol. The molecule has 1 heterocycles. The summed E-state index contributed by atoms with van der Waals surface area (Å²) in [4.78, 5) is 2.44. The van der Waals surface area contributed by atoms with Gasteiger partial charge in [0.2, 0.25) is 0 Å². The predicted octanol–water partition coefficient (Wildman–Crippen LogP) is 15.5. The summed E-state index contributed by atoms with van der Waals surface area (Å²) in [6, 6.07) is 73.5. The van der Waals surface area contributed by atoms with Crippen LogP contribution in [0.5, 0.6) is 0 Å². The van der Waals surface area contributed by atoms with E-state index in [0.717, 1.165) is 17.1 Å². The van der Waals surface area contributed by atoms with Crippen molar-refractivity contribution < 1.29 is 0 Å². The summed E-state index contributed by atoms with van der Waals surface area (Å²) in [6.07, 6.45) is 0. The van der Waals surface area contributed by atoms with Crippen LogP contribution in [0.1, 0.15) is 0 Å². The fourth-order valence-corrected chi connectivity index (χ4v) is 9.67. The largest absolute Gasteiger partial charge is 0.310 e. The molecule has 1 nitrogen and oxygen atoms in total. The highest BCUT2D eigenvalue weighted by molar-refractivity contribution is 7.26. The van der Waals surface area contributed by atoms with Crippen LogP contribution in [0, 0.1) is 0 Å². The maximum absolute atomic E-state index is 2.44. The SMILES string of the molecule is c1ccc(-c2cccc(N(c3ccc(-c4cccc5ccc6ccc7ccccc7c6c45)cc3)c3cccc4c3ccc3sc5ccccc5c34)c2)cc1. The van der Waals surface area contributed by atoms with Crippen LogP contribution in [-0.4, -0.2) is 0 Å². The summed E-state index contributed by atoms with van der Waals surface area (Å²) < 4.78 is 2.64. The van der Waals surface area contributed by atoms with Gasteiger partial charge in [-0.2, -0.15) is 0 Å². The summed E-state index contributed by atoms with van der Waals surface area (Å²) in [5.74, 6) is 0. The van der Waals surface area contributed by atoms with Crippen LogP contribution in [0.3, 0.4) is 0 Å². The lowest BCUT2D eigenvalue weighted by Gasteiger charge is -2.28. The second-order valence-corrected chi connectivity index (χ2v) is 15.1. The summed E-state index contributed by atoms with van der Waals surface area (Å²) in [5.41, 5.74) is 8.23. The highest BCUT2D eigenvalue weighted by atomic mass is 32.1. The summed E-state index contributed by atoms with van der Waals surface area (Å²) in [7, 11) is 0. The molecule has 54 heavy (non-hydrogen) atoms. The standard InChI is InChI=1S/C52H33NS/c1-2-11-34(12-3-1)39-15-8-16-41(33-39)53(47-21-10-20-45-44(47)31-32-49-52(45)46-18-6-7-22-48(46)54-49)40-29-27-36(28-30-40)43-19-9-14-37-25-26-38-24-23-35-13-4-5-17-42(35)51(38)50(37)43/h1-33H. The van der Waals surface area contributed by atoms with Crippen molar-refractivity contribution in [3.63, 3.8) is 0 Å². The molecule has 11 aromatic rings. The molecule has 0 atom stereocenters. The van der Waals surface area contributed by atoms with E-state index in [1.807, 2.05) is 11.3 Å². The molecule has 0 fully saturated rings. The molecule has 2 heteroatoms. The Labute approximate surface area is 317 Å². The van der Waals surface area contributed by atoms with Gasteiger partial charge in [-0.1, -0.05) is 158 Å². The molecule has 10 aromatic carbocycles. The van der Waals surface area contributed by atoms with Gasteiger partial charge in [0.1, 0.15) is 0 Å². The van der Waals surface area contributed by atoms with E-state index in [4.69, 9.17) is 0 Å². The number of nitrogens with zero attached hydrogens (tertiary/aromatic N) is 1. The average Bonchev–Trinajstić information content (AvgIpc) is 3.63. The minimum Gasteiger partial charge on any atom is -0.310 e. The first-order valence-electron chi connectivity index (χ1n) is 18.5. The van der Waals surface area contributed by atoms with Crippen molar-refractivity contribution in [1.82, 2.24) is 0 Å². The zero-order valence-electron chi connectivity index (χ0n) is 29.4. The molecule has 11 rings (SSSR count). The van der Waals surface area contributed by atoms with Crippen molar-refractivity contribution >= 4 is 91.7 Å². The number of thiophene rings is 1. The van der Waals surface area contributed by atoms with Crippen LogP contribution in [-0.2, 0) is 0 Å². The molecule has 0 N–H and O–H groups in total. The van der Waals surface area contributed by atoms with Gasteiger partial charge in [-0.15, -0.1) is 11.3 Å². The van der Waals surface area contributed by atoms with Crippen LogP contribution >= 0.6 is 11.3 Å². The van der Waals surface area contributed by atoms with E-state index in [1.54, 1.807) is 0 Å². The van der Waals surface area contributed by atoms with Crippen molar-refractivity contribution in [3.05, 3.63) is 200 Å². The Kier molecular flexibility index (Phi) is 7.11. The highest BCUT2D eigenvalue weighted by Crippen LogP contribution is 2.45. The third-order valence-corrected chi connectivity index (χ3v) is 12.2. The molecule has 0 radical (unpaired) electrons. The minimum atomic E-state index is 1.11. The topological polar surface area (TPSA) is 3.24 Å². The number of anilines is 3. The number of hydrogen-bond donors (Lipinski definition) is 0. The van der Waals surface area contributed by atoms with E-state index in [2.05, 4.69) is 205 Å². The molecule has 0 unspecified atom stereocenters. The van der Waals surface area contributed by atoms with E-state index >= 15 is 0 Å². The highest BCUT2D eigenvalue weighted by Gasteiger charge is 2.19. The monoisotopic (exact) mass is 703 g/mol. The fraction of sp³-hybridized carbons (Fsp3) is 0. The second kappa shape index (κ2) is 12.4. The Bertz CT molecular complexity index is 3210. The third-order valence-electron chi connectivity index (χ3n) is 11.0. The van der Waals surface area contributed by atoms with Crippen molar-refractivity contribution in [2.75, 3.05) is 4.90 Å². The van der Waals surface area contributed by atoms with Gasteiger partial charge in [-0.05, 0) is 102 Å². The maximum atomic E-state index is 2.44. The van der Waals surface area contributed by atoms with E-state index < -0.39 is 0 Å². The number of rotatable bonds is 5. The molecule has 0 spiro atoms. The Morgan fingerprint density at radius 2 is 0.981 bits per heavy atom. The van der Waals surface area contributed by atoms with Gasteiger partial charge < -0.3 is 4.90 Å². The fourth-order valence-electron chi connectivity index (χ4n) is 8.55. The van der Waals surface area contributed by atoms with Gasteiger partial charge in [-0.3, -0.25) is 0 Å². The molecule has 0 saturated heterocycles. The van der Waals surface area contributed by atoms with E-state index in [9.17, 15) is 0 Å². The lowest BCUT2D eigenvalue weighted by atomic mass is 9.91. The quantitative estimate of drug-likeness (QED) is 0.161. The van der Waals surface area contributed by atoms with Crippen LogP contribution < -0.4 is 4.90 Å². The molecule has 0 saturated carbocycles. The zero-order valence-corrected chi connectivity index (χ0v) is 30.2. The maximum Gasteiger partial charge on any atom is 0.0540 e. The molecule has 0 aliphatic carbocycles. The van der Waals surface area contributed by atoms with Crippen LogP contribution in [0.15, 0.2) is 200 Å². The molecule has 1 aromatic heterocycles. The molecule has 0 amide bonds. The van der Waals surface area contributed by atoms with Gasteiger partial charge in [0.25, 0.3) is 0 Å². The lowest BCUT2D eigenvalue weighted by Crippen LogP contribution is -2.10. The van der Waals surface area contributed by atoms with Gasteiger partial charge in [0.15, 0.2) is 0 Å². The number of benzene rings is 10. The minimum absolute atomic E-state index is 1.11. The van der Waals surface area contributed by atoms with Gasteiger partial charge in [0.05, 0.1) is 5.69 Å². The van der Waals surface area contributed by atoms with Crippen LogP contribution in [0.4, 0.5) is 17.1 Å².